The Kier molecular flexibility index (Phi) is 4.40. The number of para-hydroxylation sites is 1. The number of hydrogen-bond donors (Lipinski definition) is 0. The molecule has 1 heterocycles. The van der Waals surface area contributed by atoms with Crippen LogP contribution in [0.3, 0.4) is 0 Å². The second kappa shape index (κ2) is 6.51. The maximum absolute atomic E-state index is 12.6. The summed E-state index contributed by atoms with van der Waals surface area (Å²) in [6.45, 7) is 3.95. The fourth-order valence-electron chi connectivity index (χ4n) is 2.88. The van der Waals surface area contributed by atoms with Crippen LogP contribution in [-0.2, 0) is 9.53 Å². The highest BCUT2D eigenvalue weighted by Gasteiger charge is 2.30. The van der Waals surface area contributed by atoms with Crippen LogP contribution in [-0.4, -0.2) is 25.2 Å². The van der Waals surface area contributed by atoms with E-state index in [1.165, 1.54) is 12.1 Å². The fourth-order valence-corrected chi connectivity index (χ4v) is 2.88. The third-order valence-corrected chi connectivity index (χ3v) is 4.12. The Labute approximate surface area is 146 Å². The second-order valence-electron chi connectivity index (χ2n) is 6.67. The van der Waals surface area contributed by atoms with Crippen LogP contribution in [0, 0.1) is 5.41 Å². The van der Waals surface area contributed by atoms with Crippen molar-refractivity contribution in [1.82, 2.24) is 0 Å². The molecule has 1 aliphatic heterocycles. The average Bonchev–Trinajstić information content (AvgIpc) is 2.60. The van der Waals surface area contributed by atoms with Crippen molar-refractivity contribution in [2.75, 3.05) is 12.1 Å². The molecule has 0 atom stereocenters. The number of ether oxygens (including phenoxy) is 1. The minimum atomic E-state index is -0.417. The predicted molar refractivity (Wildman–Crippen MR) is 97.6 cm³/mol. The highest BCUT2D eigenvalue weighted by Crippen LogP contribution is 2.36. The number of nitrogens with zero attached hydrogens (tertiary/aromatic N) is 2. The third kappa shape index (κ3) is 3.31. The van der Waals surface area contributed by atoms with Crippen molar-refractivity contribution in [3.05, 3.63) is 54.1 Å². The van der Waals surface area contributed by atoms with Gasteiger partial charge in [-0.15, -0.1) is 0 Å². The summed E-state index contributed by atoms with van der Waals surface area (Å²) in [7, 11) is 1.35. The molecule has 1 amide bonds. The van der Waals surface area contributed by atoms with Gasteiger partial charge in [-0.2, -0.15) is 5.10 Å². The van der Waals surface area contributed by atoms with Crippen molar-refractivity contribution in [2.45, 2.75) is 20.3 Å². The van der Waals surface area contributed by atoms with Crippen molar-refractivity contribution < 1.29 is 14.3 Å². The Morgan fingerprint density at radius 2 is 1.72 bits per heavy atom. The van der Waals surface area contributed by atoms with E-state index >= 15 is 0 Å². The van der Waals surface area contributed by atoms with E-state index in [2.05, 4.69) is 5.10 Å². The van der Waals surface area contributed by atoms with Crippen LogP contribution in [0.2, 0.25) is 0 Å². The lowest BCUT2D eigenvalue weighted by Crippen LogP contribution is -2.36. The first-order chi connectivity index (χ1) is 11.9. The van der Waals surface area contributed by atoms with Gasteiger partial charge in [-0.25, -0.2) is 9.80 Å². The molecule has 0 spiro atoms. The molecule has 0 saturated heterocycles. The Morgan fingerprint density at radius 3 is 2.40 bits per heavy atom. The average molecular weight is 336 g/mol. The molecule has 0 fully saturated rings. The highest BCUT2D eigenvalue weighted by atomic mass is 16.5. The largest absolute Gasteiger partial charge is 0.465 e. The van der Waals surface area contributed by atoms with E-state index in [1.54, 1.807) is 18.3 Å². The van der Waals surface area contributed by atoms with Gasteiger partial charge in [-0.3, -0.25) is 4.79 Å². The van der Waals surface area contributed by atoms with Gasteiger partial charge in [-0.05, 0) is 17.7 Å². The van der Waals surface area contributed by atoms with Gasteiger partial charge in [0, 0.05) is 23.6 Å². The molecule has 3 rings (SSSR count). The summed E-state index contributed by atoms with van der Waals surface area (Å²) >= 11 is 0. The molecule has 0 N–H and O–H groups in total. The number of hydrazone groups is 1. The lowest BCUT2D eigenvalue weighted by Gasteiger charge is -2.30. The van der Waals surface area contributed by atoms with Crippen LogP contribution in [0.15, 0.2) is 53.6 Å². The van der Waals surface area contributed by atoms with E-state index in [0.717, 1.165) is 5.56 Å². The van der Waals surface area contributed by atoms with Gasteiger partial charge in [0.15, 0.2) is 0 Å². The number of carbonyl (C=O) groups is 2. The summed E-state index contributed by atoms with van der Waals surface area (Å²) in [5, 5.41) is 5.77. The maximum atomic E-state index is 12.6. The number of esters is 1. The fraction of sp³-hybridized carbons (Fsp3) is 0.250. The van der Waals surface area contributed by atoms with Crippen LogP contribution < -0.4 is 5.01 Å². The molecule has 0 unspecified atom stereocenters. The molecule has 0 saturated carbocycles. The third-order valence-electron chi connectivity index (χ3n) is 4.12. The number of methoxy groups -OCH3 is 1. The van der Waals surface area contributed by atoms with Crippen molar-refractivity contribution >= 4 is 23.8 Å². The van der Waals surface area contributed by atoms with Crippen molar-refractivity contribution in [1.29, 1.82) is 0 Å². The zero-order valence-electron chi connectivity index (χ0n) is 14.5. The van der Waals surface area contributed by atoms with Crippen molar-refractivity contribution in [3.8, 4) is 11.1 Å². The maximum Gasteiger partial charge on any atom is 0.338 e. The summed E-state index contributed by atoms with van der Waals surface area (Å²) < 4.78 is 4.88. The van der Waals surface area contributed by atoms with Crippen molar-refractivity contribution in [3.63, 3.8) is 0 Å². The van der Waals surface area contributed by atoms with Gasteiger partial charge in [0.1, 0.15) is 0 Å². The molecule has 0 bridgehead atoms. The van der Waals surface area contributed by atoms with Gasteiger partial charge in [0.05, 0.1) is 18.4 Å². The standard InChI is InChI=1S/C20H20N2O3/c1-20(2)12-18(23)22(21-13-20)17-11-7-6-9-15(17)14-8-4-5-10-16(14)19(24)25-3/h4-11,13H,12H2,1-3H3. The number of anilines is 1. The minimum Gasteiger partial charge on any atom is -0.465 e. The molecule has 128 valence electrons. The molecule has 5 nitrogen and oxygen atoms in total. The Hall–Kier alpha value is -2.95. The van der Waals surface area contributed by atoms with Gasteiger partial charge in [0.2, 0.25) is 5.91 Å². The zero-order valence-corrected chi connectivity index (χ0v) is 14.5. The number of amides is 1. The summed E-state index contributed by atoms with van der Waals surface area (Å²) in [6, 6.07) is 14.6. The highest BCUT2D eigenvalue weighted by molar-refractivity contribution is 6.04. The lowest BCUT2D eigenvalue weighted by molar-refractivity contribution is -0.120. The molecule has 1 aliphatic rings. The van der Waals surface area contributed by atoms with Gasteiger partial charge in [-0.1, -0.05) is 50.2 Å². The minimum absolute atomic E-state index is 0.0736. The van der Waals surface area contributed by atoms with E-state index < -0.39 is 5.97 Å². The number of benzene rings is 2. The normalized spacial score (nSPS) is 16.0. The summed E-state index contributed by atoms with van der Waals surface area (Å²) in [5.74, 6) is -0.490. The first-order valence-electron chi connectivity index (χ1n) is 8.08. The van der Waals surface area contributed by atoms with Gasteiger partial charge in [0.25, 0.3) is 0 Å². The van der Waals surface area contributed by atoms with E-state index in [4.69, 9.17) is 4.74 Å². The molecule has 25 heavy (non-hydrogen) atoms. The summed E-state index contributed by atoms with van der Waals surface area (Å²) in [6.07, 6.45) is 2.17. The van der Waals surface area contributed by atoms with Crippen LogP contribution >= 0.6 is 0 Å². The summed E-state index contributed by atoms with van der Waals surface area (Å²) in [5.41, 5.74) is 2.31. The lowest BCUT2D eigenvalue weighted by atomic mass is 9.89. The van der Waals surface area contributed by atoms with E-state index in [9.17, 15) is 9.59 Å². The molecule has 0 radical (unpaired) electrons. The topological polar surface area (TPSA) is 59.0 Å². The second-order valence-corrected chi connectivity index (χ2v) is 6.67. The molecule has 2 aromatic carbocycles. The number of rotatable bonds is 3. The van der Waals surface area contributed by atoms with Crippen LogP contribution in [0.25, 0.3) is 11.1 Å². The molecule has 0 aromatic heterocycles. The monoisotopic (exact) mass is 336 g/mol. The quantitative estimate of drug-likeness (QED) is 0.799. The van der Waals surface area contributed by atoms with E-state index in [0.29, 0.717) is 23.2 Å². The van der Waals surface area contributed by atoms with E-state index in [1.807, 2.05) is 50.2 Å². The number of carbonyl (C=O) groups excluding carboxylic acids is 2. The SMILES string of the molecule is COC(=O)c1ccccc1-c1ccccc1N1N=CC(C)(C)CC1=O. The Balaban J connectivity index is 2.13. The van der Waals surface area contributed by atoms with Crippen LogP contribution in [0.1, 0.15) is 30.6 Å². The van der Waals surface area contributed by atoms with Gasteiger partial charge >= 0.3 is 5.97 Å². The molecular weight excluding hydrogens is 316 g/mol. The first kappa shape index (κ1) is 16.9. The Morgan fingerprint density at radius 1 is 1.08 bits per heavy atom. The summed E-state index contributed by atoms with van der Waals surface area (Å²) in [4.78, 5) is 24.7. The number of hydrogen-bond acceptors (Lipinski definition) is 4. The molecule has 0 aliphatic carbocycles. The molecule has 2 aromatic rings. The van der Waals surface area contributed by atoms with Crippen molar-refractivity contribution in [2.24, 2.45) is 10.5 Å². The smallest absolute Gasteiger partial charge is 0.338 e. The van der Waals surface area contributed by atoms with Crippen LogP contribution in [0.5, 0.6) is 0 Å². The predicted octanol–water partition coefficient (Wildman–Crippen LogP) is 3.89. The van der Waals surface area contributed by atoms with Crippen LogP contribution in [0.4, 0.5) is 5.69 Å². The van der Waals surface area contributed by atoms with E-state index in [-0.39, 0.29) is 11.3 Å². The zero-order chi connectivity index (χ0) is 18.0. The van der Waals surface area contributed by atoms with Gasteiger partial charge < -0.3 is 4.74 Å². The molecular formula is C20H20N2O3. The first-order valence-corrected chi connectivity index (χ1v) is 8.08. The Bertz CT molecular complexity index is 856. The molecule has 5 heteroatoms.